The van der Waals surface area contributed by atoms with Gasteiger partial charge < -0.3 is 5.73 Å². The molecule has 0 heterocycles. The van der Waals surface area contributed by atoms with Crippen LogP contribution in [-0.4, -0.2) is 6.54 Å². The molecule has 3 atom stereocenters. The van der Waals surface area contributed by atoms with Crippen molar-refractivity contribution in [3.05, 3.63) is 0 Å². The Morgan fingerprint density at radius 3 is 2.31 bits per heavy atom. The van der Waals surface area contributed by atoms with Gasteiger partial charge in [0.05, 0.1) is 0 Å². The van der Waals surface area contributed by atoms with Crippen LogP contribution < -0.4 is 5.73 Å². The lowest BCUT2D eigenvalue weighted by molar-refractivity contribution is 0.154. The molecule has 16 heavy (non-hydrogen) atoms. The largest absolute Gasteiger partial charge is 0.330 e. The number of hydrogen-bond acceptors (Lipinski definition) is 1. The van der Waals surface area contributed by atoms with Gasteiger partial charge in [-0.05, 0) is 55.4 Å². The van der Waals surface area contributed by atoms with E-state index in [0.717, 1.165) is 24.3 Å². The second kappa shape index (κ2) is 6.05. The van der Waals surface area contributed by atoms with Crippen molar-refractivity contribution in [3.8, 4) is 0 Å². The molecule has 0 aromatic rings. The standard InChI is InChI=1S/C15H31N/c1-5-12-6-7-14(11-16)13(10-12)8-9-15(2,3)4/h12-14H,5-11,16H2,1-4H3. The molecule has 1 heteroatoms. The van der Waals surface area contributed by atoms with Crippen molar-refractivity contribution >= 4 is 0 Å². The van der Waals surface area contributed by atoms with Gasteiger partial charge in [-0.25, -0.2) is 0 Å². The molecular weight excluding hydrogens is 194 g/mol. The van der Waals surface area contributed by atoms with Gasteiger partial charge in [-0.2, -0.15) is 0 Å². The summed E-state index contributed by atoms with van der Waals surface area (Å²) >= 11 is 0. The zero-order chi connectivity index (χ0) is 12.2. The Bertz CT molecular complexity index is 192. The minimum absolute atomic E-state index is 0.484. The van der Waals surface area contributed by atoms with Crippen molar-refractivity contribution in [1.82, 2.24) is 0 Å². The molecule has 0 aromatic heterocycles. The summed E-state index contributed by atoms with van der Waals surface area (Å²) in [5, 5.41) is 0. The van der Waals surface area contributed by atoms with Gasteiger partial charge >= 0.3 is 0 Å². The van der Waals surface area contributed by atoms with Crippen LogP contribution in [0.1, 0.15) is 66.2 Å². The summed E-state index contributed by atoms with van der Waals surface area (Å²) in [5.74, 6) is 2.70. The minimum Gasteiger partial charge on any atom is -0.330 e. The lowest BCUT2D eigenvalue weighted by Crippen LogP contribution is -2.31. The summed E-state index contributed by atoms with van der Waals surface area (Å²) in [6.45, 7) is 10.3. The van der Waals surface area contributed by atoms with E-state index in [9.17, 15) is 0 Å². The molecule has 96 valence electrons. The van der Waals surface area contributed by atoms with Crippen molar-refractivity contribution in [3.63, 3.8) is 0 Å². The molecule has 0 aliphatic heterocycles. The van der Waals surface area contributed by atoms with Crippen molar-refractivity contribution in [2.24, 2.45) is 28.9 Å². The predicted octanol–water partition coefficient (Wildman–Crippen LogP) is 4.21. The zero-order valence-electron chi connectivity index (χ0n) is 11.8. The fraction of sp³-hybridized carbons (Fsp3) is 1.00. The Morgan fingerprint density at radius 2 is 1.81 bits per heavy atom. The SMILES string of the molecule is CCC1CCC(CN)C(CCC(C)(C)C)C1. The third kappa shape index (κ3) is 4.45. The van der Waals surface area contributed by atoms with Gasteiger partial charge in [-0.1, -0.05) is 40.5 Å². The third-order valence-corrected chi connectivity index (χ3v) is 4.39. The third-order valence-electron chi connectivity index (χ3n) is 4.39. The average Bonchev–Trinajstić information content (AvgIpc) is 2.25. The summed E-state index contributed by atoms with van der Waals surface area (Å²) < 4.78 is 0. The normalized spacial score (nSPS) is 31.7. The molecule has 0 aromatic carbocycles. The first-order chi connectivity index (χ1) is 7.46. The van der Waals surface area contributed by atoms with Crippen LogP contribution in [0.4, 0.5) is 0 Å². The molecule has 3 unspecified atom stereocenters. The molecule has 0 bridgehead atoms. The molecule has 0 saturated heterocycles. The van der Waals surface area contributed by atoms with E-state index in [-0.39, 0.29) is 0 Å². The molecule has 1 aliphatic carbocycles. The van der Waals surface area contributed by atoms with Crippen LogP contribution in [0.5, 0.6) is 0 Å². The Labute approximate surface area is 102 Å². The molecule has 1 saturated carbocycles. The van der Waals surface area contributed by atoms with Crippen molar-refractivity contribution in [2.75, 3.05) is 6.54 Å². The fourth-order valence-electron chi connectivity index (χ4n) is 3.08. The van der Waals surface area contributed by atoms with Gasteiger partial charge in [0, 0.05) is 0 Å². The van der Waals surface area contributed by atoms with Gasteiger partial charge in [0.15, 0.2) is 0 Å². The molecule has 1 aliphatic rings. The zero-order valence-corrected chi connectivity index (χ0v) is 11.8. The molecule has 1 fully saturated rings. The van der Waals surface area contributed by atoms with E-state index >= 15 is 0 Å². The highest BCUT2D eigenvalue weighted by atomic mass is 14.6. The maximum absolute atomic E-state index is 5.92. The maximum atomic E-state index is 5.92. The van der Waals surface area contributed by atoms with Crippen LogP contribution in [0, 0.1) is 23.2 Å². The topological polar surface area (TPSA) is 26.0 Å². The maximum Gasteiger partial charge on any atom is -0.00462 e. The van der Waals surface area contributed by atoms with E-state index in [0.29, 0.717) is 5.41 Å². The Hall–Kier alpha value is -0.0400. The van der Waals surface area contributed by atoms with E-state index in [1.54, 1.807) is 0 Å². The van der Waals surface area contributed by atoms with Crippen LogP contribution in [0.2, 0.25) is 0 Å². The Kier molecular flexibility index (Phi) is 5.30. The van der Waals surface area contributed by atoms with Gasteiger partial charge in [0.25, 0.3) is 0 Å². The monoisotopic (exact) mass is 225 g/mol. The first-order valence-corrected chi connectivity index (χ1v) is 7.16. The highest BCUT2D eigenvalue weighted by Gasteiger charge is 2.29. The van der Waals surface area contributed by atoms with Gasteiger partial charge in [-0.3, -0.25) is 0 Å². The van der Waals surface area contributed by atoms with E-state index in [1.165, 1.54) is 38.5 Å². The van der Waals surface area contributed by atoms with Gasteiger partial charge in [0.2, 0.25) is 0 Å². The second-order valence-corrected chi connectivity index (χ2v) is 6.94. The molecule has 0 radical (unpaired) electrons. The summed E-state index contributed by atoms with van der Waals surface area (Å²) in [4.78, 5) is 0. The summed E-state index contributed by atoms with van der Waals surface area (Å²) in [7, 11) is 0. The fourth-order valence-corrected chi connectivity index (χ4v) is 3.08. The first kappa shape index (κ1) is 14.0. The number of hydrogen-bond donors (Lipinski definition) is 1. The number of rotatable bonds is 4. The molecule has 0 amide bonds. The first-order valence-electron chi connectivity index (χ1n) is 7.16. The highest BCUT2D eigenvalue weighted by molar-refractivity contribution is 4.81. The summed E-state index contributed by atoms with van der Waals surface area (Å²) in [6.07, 6.45) is 8.35. The van der Waals surface area contributed by atoms with Crippen LogP contribution in [0.3, 0.4) is 0 Å². The molecular formula is C15H31N. The number of nitrogens with two attached hydrogens (primary N) is 1. The molecule has 2 N–H and O–H groups in total. The predicted molar refractivity (Wildman–Crippen MR) is 72.4 cm³/mol. The quantitative estimate of drug-likeness (QED) is 0.762. The minimum atomic E-state index is 0.484. The van der Waals surface area contributed by atoms with Crippen LogP contribution in [0.25, 0.3) is 0 Å². The summed E-state index contributed by atoms with van der Waals surface area (Å²) in [5.41, 5.74) is 6.40. The van der Waals surface area contributed by atoms with E-state index in [4.69, 9.17) is 5.73 Å². The Morgan fingerprint density at radius 1 is 1.12 bits per heavy atom. The summed E-state index contributed by atoms with van der Waals surface area (Å²) in [6, 6.07) is 0. The highest BCUT2D eigenvalue weighted by Crippen LogP contribution is 2.39. The smallest absolute Gasteiger partial charge is 0.00462 e. The van der Waals surface area contributed by atoms with Crippen molar-refractivity contribution < 1.29 is 0 Å². The van der Waals surface area contributed by atoms with Crippen molar-refractivity contribution in [2.45, 2.75) is 66.2 Å². The van der Waals surface area contributed by atoms with Gasteiger partial charge in [0.1, 0.15) is 0 Å². The second-order valence-electron chi connectivity index (χ2n) is 6.94. The lowest BCUT2D eigenvalue weighted by Gasteiger charge is -2.36. The molecule has 1 nitrogen and oxygen atoms in total. The van der Waals surface area contributed by atoms with Crippen LogP contribution in [0.15, 0.2) is 0 Å². The Balaban J connectivity index is 2.45. The van der Waals surface area contributed by atoms with E-state index < -0.39 is 0 Å². The van der Waals surface area contributed by atoms with Gasteiger partial charge in [-0.15, -0.1) is 0 Å². The van der Waals surface area contributed by atoms with Crippen LogP contribution >= 0.6 is 0 Å². The molecule has 1 rings (SSSR count). The van der Waals surface area contributed by atoms with E-state index in [2.05, 4.69) is 27.7 Å². The molecule has 0 spiro atoms. The van der Waals surface area contributed by atoms with E-state index in [1.807, 2.05) is 0 Å². The average molecular weight is 225 g/mol. The van der Waals surface area contributed by atoms with Crippen LogP contribution in [-0.2, 0) is 0 Å². The lowest BCUT2D eigenvalue weighted by atomic mass is 9.70. The van der Waals surface area contributed by atoms with Crippen molar-refractivity contribution in [1.29, 1.82) is 0 Å².